The lowest BCUT2D eigenvalue weighted by Gasteiger charge is -2.22. The maximum Gasteiger partial charge on any atom is 0.389 e. The fourth-order valence-electron chi connectivity index (χ4n) is 2.36. The number of rotatable bonds is 4. The molecule has 0 aliphatic carbocycles. The summed E-state index contributed by atoms with van der Waals surface area (Å²) in [7, 11) is 0. The van der Waals surface area contributed by atoms with Crippen molar-refractivity contribution < 1.29 is 13.2 Å². The molecule has 1 atom stereocenters. The molecule has 102 valence electrons. The maximum atomic E-state index is 12.3. The minimum absolute atomic E-state index is 0.0509. The molecule has 0 aliphatic heterocycles. The van der Waals surface area contributed by atoms with Crippen LogP contribution in [-0.4, -0.2) is 6.18 Å². The predicted molar refractivity (Wildman–Crippen MR) is 66.0 cm³/mol. The Morgan fingerprint density at radius 2 is 1.67 bits per heavy atom. The molecule has 1 aromatic carbocycles. The van der Waals surface area contributed by atoms with E-state index in [4.69, 9.17) is 5.84 Å². The summed E-state index contributed by atoms with van der Waals surface area (Å²) in [6.45, 7) is 5.75. The van der Waals surface area contributed by atoms with Gasteiger partial charge in [0.25, 0.3) is 0 Å². The Labute approximate surface area is 105 Å². The summed E-state index contributed by atoms with van der Waals surface area (Å²) in [5, 5.41) is 0. The van der Waals surface area contributed by atoms with Crippen molar-refractivity contribution >= 4 is 0 Å². The SMILES string of the molecule is Cc1cc(C)c(C(CCC(F)(F)F)NN)c(C)c1. The van der Waals surface area contributed by atoms with Gasteiger partial charge in [-0.15, -0.1) is 0 Å². The second-order valence-corrected chi connectivity index (χ2v) is 4.69. The first-order chi connectivity index (χ1) is 8.24. The fourth-order valence-corrected chi connectivity index (χ4v) is 2.36. The highest BCUT2D eigenvalue weighted by molar-refractivity contribution is 5.39. The molecule has 0 radical (unpaired) electrons. The molecular formula is C13H19F3N2. The Bertz CT molecular complexity index is 390. The van der Waals surface area contributed by atoms with Gasteiger partial charge in [0, 0.05) is 12.5 Å². The van der Waals surface area contributed by atoms with Gasteiger partial charge in [0.2, 0.25) is 0 Å². The van der Waals surface area contributed by atoms with Gasteiger partial charge in [-0.25, -0.2) is 0 Å². The summed E-state index contributed by atoms with van der Waals surface area (Å²) in [5.74, 6) is 5.39. The summed E-state index contributed by atoms with van der Waals surface area (Å²) in [5.41, 5.74) is 6.40. The summed E-state index contributed by atoms with van der Waals surface area (Å²) in [4.78, 5) is 0. The van der Waals surface area contributed by atoms with E-state index < -0.39 is 18.6 Å². The Kier molecular flexibility index (Phi) is 4.76. The molecular weight excluding hydrogens is 241 g/mol. The monoisotopic (exact) mass is 260 g/mol. The van der Waals surface area contributed by atoms with Crippen LogP contribution >= 0.6 is 0 Å². The average molecular weight is 260 g/mol. The quantitative estimate of drug-likeness (QED) is 0.642. The summed E-state index contributed by atoms with van der Waals surface area (Å²) < 4.78 is 36.8. The van der Waals surface area contributed by atoms with Crippen LogP contribution in [0.2, 0.25) is 0 Å². The number of nitrogens with two attached hydrogens (primary N) is 1. The number of alkyl halides is 3. The second-order valence-electron chi connectivity index (χ2n) is 4.69. The van der Waals surface area contributed by atoms with Crippen molar-refractivity contribution in [2.24, 2.45) is 5.84 Å². The van der Waals surface area contributed by atoms with Crippen molar-refractivity contribution in [2.75, 3.05) is 0 Å². The molecule has 0 saturated heterocycles. The third-order valence-electron chi connectivity index (χ3n) is 3.00. The molecule has 5 heteroatoms. The normalized spacial score (nSPS) is 13.7. The number of aryl methyl sites for hydroxylation is 3. The minimum atomic E-state index is -4.15. The topological polar surface area (TPSA) is 38.0 Å². The average Bonchev–Trinajstić information content (AvgIpc) is 2.20. The van der Waals surface area contributed by atoms with Crippen LogP contribution in [0.15, 0.2) is 12.1 Å². The summed E-state index contributed by atoms with van der Waals surface area (Å²) in [6, 6.07) is 3.45. The van der Waals surface area contributed by atoms with E-state index in [9.17, 15) is 13.2 Å². The zero-order valence-electron chi connectivity index (χ0n) is 10.9. The van der Waals surface area contributed by atoms with Gasteiger partial charge in [-0.1, -0.05) is 17.7 Å². The van der Waals surface area contributed by atoms with Crippen molar-refractivity contribution in [3.05, 3.63) is 34.4 Å². The van der Waals surface area contributed by atoms with Gasteiger partial charge in [-0.05, 0) is 43.9 Å². The van der Waals surface area contributed by atoms with E-state index in [0.717, 1.165) is 22.3 Å². The van der Waals surface area contributed by atoms with Crippen LogP contribution in [0.1, 0.15) is 41.1 Å². The van der Waals surface area contributed by atoms with Gasteiger partial charge < -0.3 is 0 Å². The number of hydrogen-bond donors (Lipinski definition) is 2. The molecule has 0 amide bonds. The standard InChI is InChI=1S/C13H19F3N2/c1-8-6-9(2)12(10(3)7-8)11(18-17)4-5-13(14,15)16/h6-7,11,18H,4-5,17H2,1-3H3. The molecule has 0 aliphatic rings. The van der Waals surface area contributed by atoms with E-state index in [1.165, 1.54) is 0 Å². The van der Waals surface area contributed by atoms with E-state index in [1.54, 1.807) is 0 Å². The first-order valence-corrected chi connectivity index (χ1v) is 5.85. The first kappa shape index (κ1) is 15.0. The van der Waals surface area contributed by atoms with E-state index in [2.05, 4.69) is 5.43 Å². The van der Waals surface area contributed by atoms with Crippen LogP contribution in [-0.2, 0) is 0 Å². The molecule has 0 aromatic heterocycles. The number of halogens is 3. The molecule has 1 aromatic rings. The van der Waals surface area contributed by atoms with Crippen LogP contribution in [0, 0.1) is 20.8 Å². The number of nitrogens with one attached hydrogen (secondary N) is 1. The third kappa shape index (κ3) is 3.99. The van der Waals surface area contributed by atoms with Gasteiger partial charge in [0.1, 0.15) is 0 Å². The molecule has 0 heterocycles. The van der Waals surface area contributed by atoms with Gasteiger partial charge in [0.05, 0.1) is 0 Å². The molecule has 1 unspecified atom stereocenters. The van der Waals surface area contributed by atoms with Gasteiger partial charge in [0.15, 0.2) is 0 Å². The second kappa shape index (κ2) is 5.71. The molecule has 2 nitrogen and oxygen atoms in total. The predicted octanol–water partition coefficient (Wildman–Crippen LogP) is 3.46. The smallest absolute Gasteiger partial charge is 0.271 e. The number of hydrogen-bond acceptors (Lipinski definition) is 2. The van der Waals surface area contributed by atoms with E-state index in [1.807, 2.05) is 32.9 Å². The van der Waals surface area contributed by atoms with Crippen LogP contribution in [0.3, 0.4) is 0 Å². The zero-order valence-corrected chi connectivity index (χ0v) is 10.9. The molecule has 18 heavy (non-hydrogen) atoms. The third-order valence-corrected chi connectivity index (χ3v) is 3.00. The minimum Gasteiger partial charge on any atom is -0.271 e. The molecule has 1 rings (SSSR count). The fraction of sp³-hybridized carbons (Fsp3) is 0.538. The molecule has 0 saturated carbocycles. The highest BCUT2D eigenvalue weighted by atomic mass is 19.4. The van der Waals surface area contributed by atoms with Crippen LogP contribution in [0.5, 0.6) is 0 Å². The van der Waals surface area contributed by atoms with Crippen molar-refractivity contribution in [2.45, 2.75) is 45.8 Å². The van der Waals surface area contributed by atoms with Gasteiger partial charge in [-0.2, -0.15) is 13.2 Å². The highest BCUT2D eigenvalue weighted by Crippen LogP contribution is 2.30. The summed E-state index contributed by atoms with van der Waals surface area (Å²) in [6.07, 6.45) is -5.04. The molecule has 0 fully saturated rings. The largest absolute Gasteiger partial charge is 0.389 e. The molecule has 0 bridgehead atoms. The zero-order chi connectivity index (χ0) is 13.9. The number of hydrazine groups is 1. The van der Waals surface area contributed by atoms with Gasteiger partial charge >= 0.3 is 6.18 Å². The lowest BCUT2D eigenvalue weighted by molar-refractivity contribution is -0.136. The van der Waals surface area contributed by atoms with Crippen molar-refractivity contribution in [3.63, 3.8) is 0 Å². The lowest BCUT2D eigenvalue weighted by atomic mass is 9.92. The molecule has 0 spiro atoms. The van der Waals surface area contributed by atoms with E-state index >= 15 is 0 Å². The van der Waals surface area contributed by atoms with Crippen molar-refractivity contribution in [3.8, 4) is 0 Å². The van der Waals surface area contributed by atoms with E-state index in [0.29, 0.717) is 0 Å². The van der Waals surface area contributed by atoms with Gasteiger partial charge in [-0.3, -0.25) is 11.3 Å². The van der Waals surface area contributed by atoms with Crippen LogP contribution < -0.4 is 11.3 Å². The highest BCUT2D eigenvalue weighted by Gasteiger charge is 2.29. The maximum absolute atomic E-state index is 12.3. The van der Waals surface area contributed by atoms with E-state index in [-0.39, 0.29) is 6.42 Å². The molecule has 3 N–H and O–H groups in total. The lowest BCUT2D eigenvalue weighted by Crippen LogP contribution is -2.30. The first-order valence-electron chi connectivity index (χ1n) is 5.85. The Morgan fingerprint density at radius 3 is 2.06 bits per heavy atom. The Hall–Kier alpha value is -1.07. The van der Waals surface area contributed by atoms with Crippen molar-refractivity contribution in [1.29, 1.82) is 0 Å². The number of benzene rings is 1. The van der Waals surface area contributed by atoms with Crippen LogP contribution in [0.25, 0.3) is 0 Å². The van der Waals surface area contributed by atoms with Crippen molar-refractivity contribution in [1.82, 2.24) is 5.43 Å². The Balaban J connectivity index is 2.95. The van der Waals surface area contributed by atoms with Crippen LogP contribution in [0.4, 0.5) is 13.2 Å². The Morgan fingerprint density at radius 1 is 1.17 bits per heavy atom. The summed E-state index contributed by atoms with van der Waals surface area (Å²) >= 11 is 0.